The first kappa shape index (κ1) is 15.2. The Hall–Kier alpha value is -1.19. The molecule has 106 valence electrons. The van der Waals surface area contributed by atoms with Crippen LogP contribution in [0.25, 0.3) is 0 Å². The average molecular weight is 336 g/mol. The predicted molar refractivity (Wildman–Crippen MR) is 85.5 cm³/mol. The highest BCUT2D eigenvalue weighted by atomic mass is 79.9. The lowest BCUT2D eigenvalue weighted by Crippen LogP contribution is -2.20. The van der Waals surface area contributed by atoms with E-state index in [4.69, 9.17) is 0 Å². The maximum atomic E-state index is 13.2. The highest BCUT2D eigenvalue weighted by molar-refractivity contribution is 9.10. The summed E-state index contributed by atoms with van der Waals surface area (Å²) in [5.41, 5.74) is 4.63. The van der Waals surface area contributed by atoms with E-state index in [-0.39, 0.29) is 11.9 Å². The van der Waals surface area contributed by atoms with Gasteiger partial charge in [0.2, 0.25) is 0 Å². The van der Waals surface area contributed by atoms with Crippen molar-refractivity contribution in [1.82, 2.24) is 5.32 Å². The highest BCUT2D eigenvalue weighted by Crippen LogP contribution is 2.28. The Labute approximate surface area is 128 Å². The van der Waals surface area contributed by atoms with Crippen molar-refractivity contribution in [3.63, 3.8) is 0 Å². The lowest BCUT2D eigenvalue weighted by Gasteiger charge is -2.20. The van der Waals surface area contributed by atoms with Gasteiger partial charge in [-0.15, -0.1) is 0 Å². The molecule has 2 aromatic carbocycles. The zero-order chi connectivity index (χ0) is 14.7. The molecule has 0 spiro atoms. The third-order valence-electron chi connectivity index (χ3n) is 3.60. The van der Waals surface area contributed by atoms with Crippen molar-refractivity contribution in [2.75, 3.05) is 7.05 Å². The molecule has 0 aromatic heterocycles. The summed E-state index contributed by atoms with van der Waals surface area (Å²) in [7, 11) is 1.96. The predicted octanol–water partition coefficient (Wildman–Crippen LogP) is 4.71. The van der Waals surface area contributed by atoms with Crippen LogP contribution in [0.1, 0.15) is 28.3 Å². The molecule has 0 saturated carbocycles. The van der Waals surface area contributed by atoms with Crippen molar-refractivity contribution < 1.29 is 4.39 Å². The summed E-state index contributed by atoms with van der Waals surface area (Å²) in [5, 5.41) is 3.35. The molecule has 0 aliphatic carbocycles. The van der Waals surface area contributed by atoms with Gasteiger partial charge < -0.3 is 5.32 Å². The summed E-state index contributed by atoms with van der Waals surface area (Å²) in [5.74, 6) is -0.177. The van der Waals surface area contributed by atoms with E-state index < -0.39 is 0 Å². The van der Waals surface area contributed by atoms with Gasteiger partial charge >= 0.3 is 0 Å². The lowest BCUT2D eigenvalue weighted by atomic mass is 9.95. The van der Waals surface area contributed by atoms with Crippen LogP contribution in [0.5, 0.6) is 0 Å². The SMILES string of the molecule is CNC(Cc1ccc(F)cc1C)c1cc(C)ccc1Br. The molecule has 1 nitrogen and oxygen atoms in total. The van der Waals surface area contributed by atoms with Crippen LogP contribution in [0.4, 0.5) is 4.39 Å². The van der Waals surface area contributed by atoms with Crippen molar-refractivity contribution in [1.29, 1.82) is 0 Å². The van der Waals surface area contributed by atoms with Crippen LogP contribution in [-0.4, -0.2) is 7.05 Å². The second kappa shape index (κ2) is 6.51. The fourth-order valence-corrected chi connectivity index (χ4v) is 2.93. The second-order valence-electron chi connectivity index (χ2n) is 5.14. The van der Waals surface area contributed by atoms with Crippen molar-refractivity contribution in [3.8, 4) is 0 Å². The Morgan fingerprint density at radius 2 is 1.90 bits per heavy atom. The second-order valence-corrected chi connectivity index (χ2v) is 6.00. The molecular formula is C17H19BrFN. The Morgan fingerprint density at radius 1 is 1.15 bits per heavy atom. The average Bonchev–Trinajstić information content (AvgIpc) is 2.41. The molecule has 0 aliphatic heterocycles. The summed E-state index contributed by atoms with van der Waals surface area (Å²) in [4.78, 5) is 0. The number of aryl methyl sites for hydroxylation is 2. The Bertz CT molecular complexity index is 610. The summed E-state index contributed by atoms with van der Waals surface area (Å²) >= 11 is 3.62. The van der Waals surface area contributed by atoms with Gasteiger partial charge in [-0.3, -0.25) is 0 Å². The smallest absolute Gasteiger partial charge is 0.123 e. The number of hydrogen-bond donors (Lipinski definition) is 1. The molecule has 0 radical (unpaired) electrons. The van der Waals surface area contributed by atoms with Gasteiger partial charge in [0.1, 0.15) is 5.82 Å². The van der Waals surface area contributed by atoms with Gasteiger partial charge in [0.05, 0.1) is 0 Å². The molecule has 0 aliphatic rings. The van der Waals surface area contributed by atoms with Crippen molar-refractivity contribution >= 4 is 15.9 Å². The number of benzene rings is 2. The number of halogens is 2. The standard InChI is InChI=1S/C17H19BrFN/c1-11-4-7-16(18)15(8-11)17(20-3)10-13-5-6-14(19)9-12(13)2/h4-9,17,20H,10H2,1-3H3. The fourth-order valence-electron chi connectivity index (χ4n) is 2.41. The largest absolute Gasteiger partial charge is 0.313 e. The van der Waals surface area contributed by atoms with Gasteiger partial charge in [-0.2, -0.15) is 0 Å². The minimum absolute atomic E-state index is 0.177. The highest BCUT2D eigenvalue weighted by Gasteiger charge is 2.15. The number of likely N-dealkylation sites (N-methyl/N-ethyl adjacent to an activating group) is 1. The van der Waals surface area contributed by atoms with E-state index in [1.54, 1.807) is 6.07 Å². The number of rotatable bonds is 4. The van der Waals surface area contributed by atoms with Crippen LogP contribution in [0.2, 0.25) is 0 Å². The van der Waals surface area contributed by atoms with Crippen LogP contribution in [0, 0.1) is 19.7 Å². The van der Waals surface area contributed by atoms with Crippen molar-refractivity contribution in [3.05, 3.63) is 68.9 Å². The summed E-state index contributed by atoms with van der Waals surface area (Å²) in [6.45, 7) is 4.04. The van der Waals surface area contributed by atoms with E-state index >= 15 is 0 Å². The minimum Gasteiger partial charge on any atom is -0.313 e. The minimum atomic E-state index is -0.177. The molecule has 2 rings (SSSR count). The molecule has 1 atom stereocenters. The van der Waals surface area contributed by atoms with Gasteiger partial charge in [-0.1, -0.05) is 39.7 Å². The van der Waals surface area contributed by atoms with Crippen LogP contribution in [-0.2, 0) is 6.42 Å². The van der Waals surface area contributed by atoms with E-state index in [9.17, 15) is 4.39 Å². The molecular weight excluding hydrogens is 317 g/mol. The van der Waals surface area contributed by atoms with Crippen molar-refractivity contribution in [2.24, 2.45) is 0 Å². The van der Waals surface area contributed by atoms with E-state index in [0.29, 0.717) is 0 Å². The van der Waals surface area contributed by atoms with Gasteiger partial charge in [0.15, 0.2) is 0 Å². The fraction of sp³-hybridized carbons (Fsp3) is 0.294. The first-order chi connectivity index (χ1) is 9.51. The van der Waals surface area contributed by atoms with Crippen molar-refractivity contribution in [2.45, 2.75) is 26.3 Å². The molecule has 20 heavy (non-hydrogen) atoms. The molecule has 0 bridgehead atoms. The number of nitrogens with one attached hydrogen (secondary N) is 1. The van der Waals surface area contributed by atoms with Gasteiger partial charge in [-0.25, -0.2) is 4.39 Å². The molecule has 1 N–H and O–H groups in total. The molecule has 3 heteroatoms. The van der Waals surface area contributed by atoms with E-state index in [0.717, 1.165) is 16.5 Å². The van der Waals surface area contributed by atoms with Gasteiger partial charge in [0, 0.05) is 10.5 Å². The van der Waals surface area contributed by atoms with E-state index in [1.165, 1.54) is 22.8 Å². The van der Waals surface area contributed by atoms with Gasteiger partial charge in [-0.05, 0) is 62.2 Å². The van der Waals surface area contributed by atoms with Crippen LogP contribution in [0.15, 0.2) is 40.9 Å². The maximum absolute atomic E-state index is 13.2. The third-order valence-corrected chi connectivity index (χ3v) is 4.33. The molecule has 0 saturated heterocycles. The zero-order valence-corrected chi connectivity index (χ0v) is 13.6. The van der Waals surface area contributed by atoms with Gasteiger partial charge in [0.25, 0.3) is 0 Å². The van der Waals surface area contributed by atoms with Crippen LogP contribution in [0.3, 0.4) is 0 Å². The summed E-state index contributed by atoms with van der Waals surface area (Å²) in [6.07, 6.45) is 0.838. The van der Waals surface area contributed by atoms with E-state index in [2.05, 4.69) is 46.4 Å². The summed E-state index contributed by atoms with van der Waals surface area (Å²) < 4.78 is 14.3. The zero-order valence-electron chi connectivity index (χ0n) is 12.0. The Balaban J connectivity index is 2.31. The monoisotopic (exact) mass is 335 g/mol. The number of hydrogen-bond acceptors (Lipinski definition) is 1. The third kappa shape index (κ3) is 3.47. The molecule has 0 amide bonds. The lowest BCUT2D eigenvalue weighted by molar-refractivity contribution is 0.584. The quantitative estimate of drug-likeness (QED) is 0.853. The van der Waals surface area contributed by atoms with E-state index in [1.807, 2.05) is 20.0 Å². The molecule has 0 heterocycles. The normalized spacial score (nSPS) is 12.4. The summed E-state index contributed by atoms with van der Waals surface area (Å²) in [6, 6.07) is 11.5. The first-order valence-electron chi connectivity index (χ1n) is 6.69. The first-order valence-corrected chi connectivity index (χ1v) is 7.49. The maximum Gasteiger partial charge on any atom is 0.123 e. The molecule has 2 aromatic rings. The van der Waals surface area contributed by atoms with Crippen LogP contribution < -0.4 is 5.32 Å². The topological polar surface area (TPSA) is 12.0 Å². The molecule has 1 unspecified atom stereocenters. The Morgan fingerprint density at radius 3 is 2.55 bits per heavy atom. The Kier molecular flexibility index (Phi) is 4.95. The molecule has 0 fully saturated rings. The van der Waals surface area contributed by atoms with Crippen LogP contribution >= 0.6 is 15.9 Å².